The van der Waals surface area contributed by atoms with Crippen LogP contribution in [0.1, 0.15) is 38.7 Å². The molecule has 2 rings (SSSR count). The maximum Gasteiger partial charge on any atom is 0.0612 e. The molecular weight excluding hydrogens is 234 g/mol. The Balaban J connectivity index is 1.63. The Morgan fingerprint density at radius 3 is 2.79 bits per heavy atom. The minimum atomic E-state index is 0.445. The zero-order chi connectivity index (χ0) is 13.5. The normalized spacial score (nSPS) is 23.7. The van der Waals surface area contributed by atoms with Crippen molar-refractivity contribution < 1.29 is 4.74 Å². The minimum Gasteiger partial charge on any atom is -0.378 e. The van der Waals surface area contributed by atoms with E-state index in [-0.39, 0.29) is 0 Å². The lowest BCUT2D eigenvalue weighted by atomic mass is 9.95. The van der Waals surface area contributed by atoms with Crippen molar-refractivity contribution in [3.8, 4) is 0 Å². The fourth-order valence-electron chi connectivity index (χ4n) is 2.72. The van der Waals surface area contributed by atoms with Crippen molar-refractivity contribution in [1.82, 2.24) is 5.32 Å². The van der Waals surface area contributed by atoms with Crippen LogP contribution in [0.15, 0.2) is 30.3 Å². The maximum absolute atomic E-state index is 5.81. The summed E-state index contributed by atoms with van der Waals surface area (Å²) in [7, 11) is 0. The zero-order valence-electron chi connectivity index (χ0n) is 12.3. The van der Waals surface area contributed by atoms with Gasteiger partial charge < -0.3 is 10.1 Å². The van der Waals surface area contributed by atoms with Crippen LogP contribution in [0.25, 0.3) is 0 Å². The number of hydrogen-bond donors (Lipinski definition) is 1. The molecular formula is C17H27NO. The highest BCUT2D eigenvalue weighted by molar-refractivity contribution is 5.14. The SMILES string of the molecule is CC(C)C1CC(NCCCc2ccccc2)CCO1. The van der Waals surface area contributed by atoms with E-state index in [2.05, 4.69) is 49.5 Å². The lowest BCUT2D eigenvalue weighted by Crippen LogP contribution is -2.41. The molecule has 19 heavy (non-hydrogen) atoms. The third-order valence-electron chi connectivity index (χ3n) is 3.98. The fraction of sp³-hybridized carbons (Fsp3) is 0.647. The van der Waals surface area contributed by atoms with E-state index in [1.54, 1.807) is 0 Å². The molecule has 0 saturated carbocycles. The Labute approximate surface area is 117 Å². The van der Waals surface area contributed by atoms with Crippen LogP contribution in [0, 0.1) is 5.92 Å². The summed E-state index contributed by atoms with van der Waals surface area (Å²) in [6.07, 6.45) is 5.16. The van der Waals surface area contributed by atoms with Crippen LogP contribution >= 0.6 is 0 Å². The average molecular weight is 261 g/mol. The summed E-state index contributed by atoms with van der Waals surface area (Å²) in [4.78, 5) is 0. The van der Waals surface area contributed by atoms with Gasteiger partial charge in [-0.05, 0) is 43.7 Å². The van der Waals surface area contributed by atoms with E-state index >= 15 is 0 Å². The van der Waals surface area contributed by atoms with Gasteiger partial charge in [-0.1, -0.05) is 44.2 Å². The van der Waals surface area contributed by atoms with Gasteiger partial charge in [0, 0.05) is 12.6 Å². The lowest BCUT2D eigenvalue weighted by molar-refractivity contribution is -0.0242. The highest BCUT2D eigenvalue weighted by Gasteiger charge is 2.24. The summed E-state index contributed by atoms with van der Waals surface area (Å²) in [5.74, 6) is 0.633. The van der Waals surface area contributed by atoms with Gasteiger partial charge in [0.15, 0.2) is 0 Å². The van der Waals surface area contributed by atoms with E-state index in [1.165, 1.54) is 24.8 Å². The molecule has 0 bridgehead atoms. The maximum atomic E-state index is 5.81. The molecule has 2 heteroatoms. The number of benzene rings is 1. The summed E-state index contributed by atoms with van der Waals surface area (Å²) in [6.45, 7) is 6.54. The Hall–Kier alpha value is -0.860. The van der Waals surface area contributed by atoms with Gasteiger partial charge in [-0.25, -0.2) is 0 Å². The molecule has 0 aliphatic carbocycles. The van der Waals surface area contributed by atoms with Crippen molar-refractivity contribution in [2.75, 3.05) is 13.2 Å². The second kappa shape index (κ2) is 7.66. The van der Waals surface area contributed by atoms with Crippen LogP contribution in [-0.2, 0) is 11.2 Å². The number of nitrogens with one attached hydrogen (secondary N) is 1. The predicted molar refractivity (Wildman–Crippen MR) is 80.4 cm³/mol. The first-order valence-corrected chi connectivity index (χ1v) is 7.64. The standard InChI is InChI=1S/C17H27NO/c1-14(2)17-13-16(10-12-19-17)18-11-6-9-15-7-4-3-5-8-15/h3-5,7-8,14,16-18H,6,9-13H2,1-2H3. The molecule has 1 aliphatic rings. The van der Waals surface area contributed by atoms with Crippen LogP contribution in [0.5, 0.6) is 0 Å². The highest BCUT2D eigenvalue weighted by atomic mass is 16.5. The van der Waals surface area contributed by atoms with E-state index in [1.807, 2.05) is 0 Å². The molecule has 2 nitrogen and oxygen atoms in total. The van der Waals surface area contributed by atoms with Gasteiger partial charge in [0.05, 0.1) is 6.10 Å². The third kappa shape index (κ3) is 4.96. The first kappa shape index (κ1) is 14.5. The molecule has 106 valence electrons. The van der Waals surface area contributed by atoms with Gasteiger partial charge >= 0.3 is 0 Å². The molecule has 0 spiro atoms. The summed E-state index contributed by atoms with van der Waals surface area (Å²) < 4.78 is 5.81. The molecule has 1 heterocycles. The molecule has 1 saturated heterocycles. The monoisotopic (exact) mass is 261 g/mol. The van der Waals surface area contributed by atoms with Crippen molar-refractivity contribution in [1.29, 1.82) is 0 Å². The van der Waals surface area contributed by atoms with Crippen LogP contribution in [0.3, 0.4) is 0 Å². The van der Waals surface area contributed by atoms with E-state index in [4.69, 9.17) is 4.74 Å². The highest BCUT2D eigenvalue weighted by Crippen LogP contribution is 2.20. The van der Waals surface area contributed by atoms with Crippen molar-refractivity contribution in [3.05, 3.63) is 35.9 Å². The fourth-order valence-corrected chi connectivity index (χ4v) is 2.72. The molecule has 1 aromatic rings. The lowest BCUT2D eigenvalue weighted by Gasteiger charge is -2.32. The quantitative estimate of drug-likeness (QED) is 0.792. The number of rotatable bonds is 6. The van der Waals surface area contributed by atoms with Crippen molar-refractivity contribution in [3.63, 3.8) is 0 Å². The Kier molecular flexibility index (Phi) is 5.87. The Morgan fingerprint density at radius 1 is 1.26 bits per heavy atom. The molecule has 0 amide bonds. The van der Waals surface area contributed by atoms with Gasteiger partial charge in [-0.3, -0.25) is 0 Å². The first-order chi connectivity index (χ1) is 9.25. The molecule has 0 radical (unpaired) electrons. The van der Waals surface area contributed by atoms with Crippen molar-refractivity contribution in [2.45, 2.75) is 51.7 Å². The largest absolute Gasteiger partial charge is 0.378 e. The smallest absolute Gasteiger partial charge is 0.0612 e. The Bertz CT molecular complexity index is 350. The Morgan fingerprint density at radius 2 is 2.05 bits per heavy atom. The topological polar surface area (TPSA) is 21.3 Å². The van der Waals surface area contributed by atoms with Crippen molar-refractivity contribution >= 4 is 0 Å². The number of aryl methyl sites for hydroxylation is 1. The number of hydrogen-bond acceptors (Lipinski definition) is 2. The molecule has 2 unspecified atom stereocenters. The molecule has 1 N–H and O–H groups in total. The van der Waals surface area contributed by atoms with Gasteiger partial charge in [0.25, 0.3) is 0 Å². The minimum absolute atomic E-state index is 0.445. The second-order valence-corrected chi connectivity index (χ2v) is 5.92. The van der Waals surface area contributed by atoms with Gasteiger partial charge in [0.1, 0.15) is 0 Å². The summed E-state index contributed by atoms with van der Waals surface area (Å²) in [6, 6.07) is 11.4. The van der Waals surface area contributed by atoms with Crippen molar-refractivity contribution in [2.24, 2.45) is 5.92 Å². The number of ether oxygens (including phenoxy) is 1. The summed E-state index contributed by atoms with van der Waals surface area (Å²) in [5, 5.41) is 3.70. The van der Waals surface area contributed by atoms with Gasteiger partial charge in [-0.15, -0.1) is 0 Å². The summed E-state index contributed by atoms with van der Waals surface area (Å²) >= 11 is 0. The van der Waals surface area contributed by atoms with Crippen LogP contribution in [0.4, 0.5) is 0 Å². The van der Waals surface area contributed by atoms with Crippen LogP contribution < -0.4 is 5.32 Å². The molecule has 1 aromatic carbocycles. The zero-order valence-corrected chi connectivity index (χ0v) is 12.3. The molecule has 1 aliphatic heterocycles. The van der Waals surface area contributed by atoms with E-state index in [0.717, 1.165) is 19.6 Å². The van der Waals surface area contributed by atoms with E-state index in [9.17, 15) is 0 Å². The predicted octanol–water partition coefficient (Wildman–Crippen LogP) is 3.41. The second-order valence-electron chi connectivity index (χ2n) is 5.92. The van der Waals surface area contributed by atoms with E-state index < -0.39 is 0 Å². The van der Waals surface area contributed by atoms with Crippen LogP contribution in [-0.4, -0.2) is 25.3 Å². The molecule has 0 aromatic heterocycles. The van der Waals surface area contributed by atoms with Gasteiger partial charge in [0.2, 0.25) is 0 Å². The van der Waals surface area contributed by atoms with Gasteiger partial charge in [-0.2, -0.15) is 0 Å². The third-order valence-corrected chi connectivity index (χ3v) is 3.98. The average Bonchev–Trinajstić information content (AvgIpc) is 2.45. The summed E-state index contributed by atoms with van der Waals surface area (Å²) in [5.41, 5.74) is 1.44. The molecule has 2 atom stereocenters. The van der Waals surface area contributed by atoms with E-state index in [0.29, 0.717) is 18.1 Å². The molecule has 1 fully saturated rings. The van der Waals surface area contributed by atoms with Crippen LogP contribution in [0.2, 0.25) is 0 Å². The first-order valence-electron chi connectivity index (χ1n) is 7.64.